The lowest BCUT2D eigenvalue weighted by Crippen LogP contribution is -2.26. The second-order valence-electron chi connectivity index (χ2n) is 6.17. The van der Waals surface area contributed by atoms with Crippen molar-refractivity contribution in [2.45, 2.75) is 25.2 Å². The van der Waals surface area contributed by atoms with E-state index in [1.807, 2.05) is 18.3 Å². The third-order valence-electron chi connectivity index (χ3n) is 4.52. The van der Waals surface area contributed by atoms with Crippen molar-refractivity contribution in [1.82, 2.24) is 19.9 Å². The number of piperidine rings is 1. The van der Waals surface area contributed by atoms with Crippen molar-refractivity contribution in [2.24, 2.45) is 5.73 Å². The van der Waals surface area contributed by atoms with E-state index < -0.39 is 0 Å². The minimum atomic E-state index is -0.336. The zero-order chi connectivity index (χ0) is 16.5. The first kappa shape index (κ1) is 15.3. The van der Waals surface area contributed by atoms with Gasteiger partial charge in [-0.1, -0.05) is 6.07 Å². The molecule has 4 rings (SSSR count). The predicted octanol–water partition coefficient (Wildman–Crippen LogP) is 1.95. The molecule has 3 N–H and O–H groups in total. The van der Waals surface area contributed by atoms with Gasteiger partial charge in [-0.2, -0.15) is 5.10 Å². The third kappa shape index (κ3) is 2.92. The average molecular weight is 341 g/mol. The van der Waals surface area contributed by atoms with Crippen LogP contribution in [0.1, 0.15) is 44.4 Å². The molecule has 0 atom stereocenters. The van der Waals surface area contributed by atoms with Gasteiger partial charge in [0.05, 0.1) is 4.88 Å². The van der Waals surface area contributed by atoms with E-state index in [1.165, 1.54) is 11.2 Å². The standard InChI is InChI=1S/C17H19N5OS/c18-17(23)16-13(8-14(24-16)12-3-5-19-6-4-12)7-11-1-2-15-20-10-21-22(15)9-11/h1-2,8-10,12,19H,3-7H2,(H2,18,23). The third-order valence-corrected chi connectivity index (χ3v) is 5.88. The van der Waals surface area contributed by atoms with Crippen LogP contribution < -0.4 is 11.1 Å². The van der Waals surface area contributed by atoms with Crippen LogP contribution in [0.4, 0.5) is 0 Å². The number of rotatable bonds is 4. The summed E-state index contributed by atoms with van der Waals surface area (Å²) in [6, 6.07) is 6.13. The van der Waals surface area contributed by atoms with Crippen molar-refractivity contribution < 1.29 is 4.79 Å². The summed E-state index contributed by atoms with van der Waals surface area (Å²) in [5.74, 6) is 0.193. The number of primary amides is 1. The number of carbonyl (C=O) groups is 1. The van der Waals surface area contributed by atoms with Crippen molar-refractivity contribution >= 4 is 22.9 Å². The highest BCUT2D eigenvalue weighted by atomic mass is 32.1. The van der Waals surface area contributed by atoms with Crippen LogP contribution in [-0.2, 0) is 6.42 Å². The van der Waals surface area contributed by atoms with Gasteiger partial charge in [0.25, 0.3) is 5.91 Å². The molecule has 0 aliphatic carbocycles. The predicted molar refractivity (Wildman–Crippen MR) is 93.5 cm³/mol. The van der Waals surface area contributed by atoms with Crippen molar-refractivity contribution in [1.29, 1.82) is 0 Å². The quantitative estimate of drug-likeness (QED) is 0.759. The normalized spacial score (nSPS) is 15.8. The lowest BCUT2D eigenvalue weighted by atomic mass is 9.95. The molecule has 124 valence electrons. The van der Waals surface area contributed by atoms with E-state index in [1.54, 1.807) is 15.9 Å². The first-order valence-corrected chi connectivity index (χ1v) is 8.94. The van der Waals surface area contributed by atoms with Gasteiger partial charge in [-0.3, -0.25) is 4.79 Å². The van der Waals surface area contributed by atoms with Crippen LogP contribution in [0.5, 0.6) is 0 Å². The molecule has 0 unspecified atom stereocenters. The Morgan fingerprint density at radius 2 is 2.21 bits per heavy atom. The zero-order valence-corrected chi connectivity index (χ0v) is 14.1. The number of pyridine rings is 1. The first-order valence-electron chi connectivity index (χ1n) is 8.12. The Kier molecular flexibility index (Phi) is 4.03. The van der Waals surface area contributed by atoms with E-state index in [-0.39, 0.29) is 5.91 Å². The molecule has 24 heavy (non-hydrogen) atoms. The van der Waals surface area contributed by atoms with Crippen LogP contribution in [-0.4, -0.2) is 33.6 Å². The maximum absolute atomic E-state index is 11.9. The second kappa shape index (κ2) is 6.33. The smallest absolute Gasteiger partial charge is 0.259 e. The Morgan fingerprint density at radius 1 is 1.38 bits per heavy atom. The fourth-order valence-electron chi connectivity index (χ4n) is 3.28. The van der Waals surface area contributed by atoms with Crippen molar-refractivity contribution in [3.63, 3.8) is 0 Å². The number of hydrogen-bond donors (Lipinski definition) is 2. The van der Waals surface area contributed by atoms with Gasteiger partial charge in [0, 0.05) is 17.5 Å². The summed E-state index contributed by atoms with van der Waals surface area (Å²) in [6.07, 6.45) is 6.39. The molecule has 7 heteroatoms. The summed E-state index contributed by atoms with van der Waals surface area (Å²) in [5.41, 5.74) is 8.53. The van der Waals surface area contributed by atoms with Gasteiger partial charge in [0.2, 0.25) is 0 Å². The van der Waals surface area contributed by atoms with Gasteiger partial charge >= 0.3 is 0 Å². The number of aromatic nitrogens is 3. The molecule has 0 radical (unpaired) electrons. The molecule has 3 aromatic heterocycles. The van der Waals surface area contributed by atoms with Gasteiger partial charge in [0.15, 0.2) is 5.65 Å². The minimum absolute atomic E-state index is 0.336. The van der Waals surface area contributed by atoms with Crippen molar-refractivity contribution in [2.75, 3.05) is 13.1 Å². The van der Waals surface area contributed by atoms with E-state index in [0.29, 0.717) is 17.2 Å². The molecule has 1 aliphatic heterocycles. The van der Waals surface area contributed by atoms with Gasteiger partial charge < -0.3 is 11.1 Å². The summed E-state index contributed by atoms with van der Waals surface area (Å²) >= 11 is 1.56. The number of nitrogens with zero attached hydrogens (tertiary/aromatic N) is 3. The highest BCUT2D eigenvalue weighted by molar-refractivity contribution is 7.14. The number of hydrogen-bond acceptors (Lipinski definition) is 5. The minimum Gasteiger partial charge on any atom is -0.365 e. The Morgan fingerprint density at radius 3 is 3.00 bits per heavy atom. The van der Waals surface area contributed by atoms with Crippen LogP contribution in [0, 0.1) is 0 Å². The molecule has 1 fully saturated rings. The number of nitrogens with one attached hydrogen (secondary N) is 1. The fourth-order valence-corrected chi connectivity index (χ4v) is 4.48. The van der Waals surface area contributed by atoms with E-state index in [2.05, 4.69) is 21.5 Å². The molecule has 0 bridgehead atoms. The number of fused-ring (bicyclic) bond motifs is 1. The molecule has 1 saturated heterocycles. The van der Waals surface area contributed by atoms with Gasteiger partial charge in [-0.25, -0.2) is 9.50 Å². The lowest BCUT2D eigenvalue weighted by Gasteiger charge is -2.21. The topological polar surface area (TPSA) is 85.3 Å². The maximum Gasteiger partial charge on any atom is 0.259 e. The molecular weight excluding hydrogens is 322 g/mol. The fraction of sp³-hybridized carbons (Fsp3) is 0.353. The molecule has 6 nitrogen and oxygen atoms in total. The van der Waals surface area contributed by atoms with Gasteiger partial charge in [0.1, 0.15) is 6.33 Å². The largest absolute Gasteiger partial charge is 0.365 e. The van der Waals surface area contributed by atoms with E-state index in [4.69, 9.17) is 5.73 Å². The van der Waals surface area contributed by atoms with Crippen LogP contribution in [0.25, 0.3) is 5.65 Å². The molecule has 3 aromatic rings. The van der Waals surface area contributed by atoms with Crippen LogP contribution in [0.15, 0.2) is 30.7 Å². The van der Waals surface area contributed by atoms with E-state index in [0.717, 1.165) is 42.7 Å². The second-order valence-corrected chi connectivity index (χ2v) is 7.25. The summed E-state index contributed by atoms with van der Waals surface area (Å²) in [7, 11) is 0. The zero-order valence-electron chi connectivity index (χ0n) is 13.2. The van der Waals surface area contributed by atoms with Crippen molar-refractivity contribution in [3.05, 3.63) is 51.6 Å². The van der Waals surface area contributed by atoms with Gasteiger partial charge in [-0.15, -0.1) is 11.3 Å². The summed E-state index contributed by atoms with van der Waals surface area (Å²) in [6.45, 7) is 2.07. The van der Waals surface area contributed by atoms with E-state index in [9.17, 15) is 4.79 Å². The van der Waals surface area contributed by atoms with Crippen molar-refractivity contribution in [3.8, 4) is 0 Å². The molecule has 4 heterocycles. The molecule has 0 aromatic carbocycles. The molecule has 0 spiro atoms. The Labute approximate surface area is 143 Å². The Bertz CT molecular complexity index is 878. The summed E-state index contributed by atoms with van der Waals surface area (Å²) in [5, 5.41) is 7.55. The average Bonchev–Trinajstić information content (AvgIpc) is 3.22. The lowest BCUT2D eigenvalue weighted by molar-refractivity contribution is 0.100. The summed E-state index contributed by atoms with van der Waals surface area (Å²) in [4.78, 5) is 18.0. The molecule has 1 amide bonds. The van der Waals surface area contributed by atoms with Crippen LogP contribution in [0.3, 0.4) is 0 Å². The Balaban J connectivity index is 1.65. The SMILES string of the molecule is NC(=O)c1sc(C2CCNCC2)cc1Cc1ccc2ncnn2c1. The first-order chi connectivity index (χ1) is 11.7. The number of nitrogens with two attached hydrogens (primary N) is 1. The number of amides is 1. The number of thiophene rings is 1. The maximum atomic E-state index is 11.9. The molecular formula is C17H19N5OS. The monoisotopic (exact) mass is 341 g/mol. The highest BCUT2D eigenvalue weighted by Crippen LogP contribution is 2.34. The molecule has 0 saturated carbocycles. The molecule has 1 aliphatic rings. The van der Waals surface area contributed by atoms with Crippen LogP contribution in [0.2, 0.25) is 0 Å². The highest BCUT2D eigenvalue weighted by Gasteiger charge is 2.21. The van der Waals surface area contributed by atoms with E-state index >= 15 is 0 Å². The summed E-state index contributed by atoms with van der Waals surface area (Å²) < 4.78 is 1.75. The van der Waals surface area contributed by atoms with Gasteiger partial charge in [-0.05, 0) is 55.1 Å². The Hall–Kier alpha value is -2.25. The van der Waals surface area contributed by atoms with Crippen LogP contribution >= 0.6 is 11.3 Å². The number of carbonyl (C=O) groups excluding carboxylic acids is 1.